The van der Waals surface area contributed by atoms with Crippen LogP contribution >= 0.6 is 11.3 Å². The second-order valence-corrected chi connectivity index (χ2v) is 15.4. The number of nitrogens with one attached hydrogen (secondary N) is 1. The van der Waals surface area contributed by atoms with Gasteiger partial charge in [-0.15, -0.1) is 0 Å². The number of aromatic nitrogens is 2. The maximum atomic E-state index is 13.8. The molecule has 0 bridgehead atoms. The first kappa shape index (κ1) is 33.7. The van der Waals surface area contributed by atoms with Crippen LogP contribution in [-0.2, 0) is 17.7 Å². The Labute approximate surface area is 297 Å². The Morgan fingerprint density at radius 2 is 1.72 bits per heavy atom. The first-order valence-electron chi connectivity index (χ1n) is 17.6. The second kappa shape index (κ2) is 14.2. The first-order valence-corrected chi connectivity index (χ1v) is 18.4. The predicted molar refractivity (Wildman–Crippen MR) is 200 cm³/mol. The number of nitrogens with zero attached hydrogens (tertiary/aromatic N) is 3. The van der Waals surface area contributed by atoms with Crippen LogP contribution in [-0.4, -0.2) is 40.6 Å². The van der Waals surface area contributed by atoms with Gasteiger partial charge >= 0.3 is 5.97 Å². The summed E-state index contributed by atoms with van der Waals surface area (Å²) in [5.74, 6) is 1.40. The van der Waals surface area contributed by atoms with Gasteiger partial charge in [0.1, 0.15) is 17.2 Å². The molecule has 7 rings (SSSR count). The van der Waals surface area contributed by atoms with Crippen LogP contribution in [0.15, 0.2) is 72.8 Å². The van der Waals surface area contributed by atoms with Crippen LogP contribution in [0.2, 0.25) is 0 Å². The summed E-state index contributed by atoms with van der Waals surface area (Å²) in [5.41, 5.74) is 5.68. The molecule has 0 unspecified atom stereocenters. The second-order valence-electron chi connectivity index (χ2n) is 14.4. The maximum Gasteiger partial charge on any atom is 0.358 e. The molecule has 3 heterocycles. The van der Waals surface area contributed by atoms with E-state index in [1.165, 1.54) is 43.4 Å². The Kier molecular flexibility index (Phi) is 9.60. The number of esters is 1. The SMILES string of the molecule is Cc1c(OCC2CCCCC2)cccc1-c1ccc(N2CCc3cccc(C(=O)Nc4nc5ccccc5s4)c3C2)nc1C(=O)OC(C)(C)C. The van der Waals surface area contributed by atoms with Gasteiger partial charge in [-0.2, -0.15) is 0 Å². The molecule has 8 nitrogen and oxygen atoms in total. The van der Waals surface area contributed by atoms with Gasteiger partial charge in [0.05, 0.1) is 16.8 Å². The molecule has 9 heteroatoms. The Hall–Kier alpha value is -4.76. The molecule has 258 valence electrons. The molecule has 1 aliphatic heterocycles. The van der Waals surface area contributed by atoms with Crippen LogP contribution in [0.4, 0.5) is 10.9 Å². The van der Waals surface area contributed by atoms with Crippen LogP contribution in [0.5, 0.6) is 5.75 Å². The third kappa shape index (κ3) is 7.38. The number of hydrogen-bond acceptors (Lipinski definition) is 8. The molecule has 0 atom stereocenters. The fraction of sp³-hybridized carbons (Fsp3) is 0.366. The summed E-state index contributed by atoms with van der Waals surface area (Å²) in [6.45, 7) is 9.51. The van der Waals surface area contributed by atoms with Gasteiger partial charge in [0, 0.05) is 24.2 Å². The highest BCUT2D eigenvalue weighted by Crippen LogP contribution is 2.36. The van der Waals surface area contributed by atoms with E-state index in [0.29, 0.717) is 47.7 Å². The predicted octanol–water partition coefficient (Wildman–Crippen LogP) is 9.40. The summed E-state index contributed by atoms with van der Waals surface area (Å²) in [6.07, 6.45) is 7.01. The quantitative estimate of drug-likeness (QED) is 0.162. The van der Waals surface area contributed by atoms with Crippen molar-refractivity contribution >= 4 is 44.4 Å². The number of para-hydroxylation sites is 1. The maximum absolute atomic E-state index is 13.8. The molecular weight excluding hydrogens is 645 g/mol. The van der Waals surface area contributed by atoms with E-state index in [-0.39, 0.29) is 11.6 Å². The lowest BCUT2D eigenvalue weighted by Crippen LogP contribution is -2.33. The number of fused-ring (bicyclic) bond motifs is 2. The highest BCUT2D eigenvalue weighted by atomic mass is 32.1. The fourth-order valence-electron chi connectivity index (χ4n) is 7.03. The van der Waals surface area contributed by atoms with E-state index < -0.39 is 11.6 Å². The molecule has 0 radical (unpaired) electrons. The number of pyridine rings is 1. The van der Waals surface area contributed by atoms with Gasteiger partial charge < -0.3 is 14.4 Å². The minimum atomic E-state index is -0.693. The molecule has 0 saturated heterocycles. The van der Waals surface area contributed by atoms with E-state index in [4.69, 9.17) is 14.5 Å². The molecule has 50 heavy (non-hydrogen) atoms. The number of thiazole rings is 1. The Bertz CT molecular complexity index is 2010. The zero-order valence-electron chi connectivity index (χ0n) is 29.3. The van der Waals surface area contributed by atoms with Crippen molar-refractivity contribution in [1.29, 1.82) is 0 Å². The van der Waals surface area contributed by atoms with Gasteiger partial charge in [0.25, 0.3) is 5.91 Å². The number of rotatable bonds is 8. The molecule has 1 amide bonds. The molecule has 2 aliphatic rings. The Morgan fingerprint density at radius 1 is 0.920 bits per heavy atom. The number of hydrogen-bond donors (Lipinski definition) is 1. The number of anilines is 2. The monoisotopic (exact) mass is 688 g/mol. The van der Waals surface area contributed by atoms with Crippen LogP contribution in [0.1, 0.15) is 90.4 Å². The zero-order chi connectivity index (χ0) is 34.8. The summed E-state index contributed by atoms with van der Waals surface area (Å²) >= 11 is 1.46. The van der Waals surface area contributed by atoms with Gasteiger partial charge in [-0.1, -0.05) is 67.0 Å². The smallest absolute Gasteiger partial charge is 0.358 e. The molecule has 1 saturated carbocycles. The van der Waals surface area contributed by atoms with Crippen molar-refractivity contribution < 1.29 is 19.1 Å². The van der Waals surface area contributed by atoms with Gasteiger partial charge in [-0.25, -0.2) is 14.8 Å². The van der Waals surface area contributed by atoms with Crippen molar-refractivity contribution in [1.82, 2.24) is 9.97 Å². The molecule has 3 aromatic carbocycles. The lowest BCUT2D eigenvalue weighted by Gasteiger charge is -2.31. The molecule has 0 spiro atoms. The average Bonchev–Trinajstić information content (AvgIpc) is 3.52. The van der Waals surface area contributed by atoms with Gasteiger partial charge in [-0.3, -0.25) is 10.1 Å². The van der Waals surface area contributed by atoms with Crippen molar-refractivity contribution in [3.05, 3.63) is 101 Å². The molecule has 5 aromatic rings. The molecular formula is C41H44N4O4S. The zero-order valence-corrected chi connectivity index (χ0v) is 30.1. The Balaban J connectivity index is 1.17. The van der Waals surface area contributed by atoms with E-state index in [1.54, 1.807) is 0 Å². The standard InChI is InChI=1S/C41H44N4O4S/c1-26-29(15-11-18-34(26)48-25-27-12-6-5-7-13-27)30-20-21-36(43-37(30)39(47)49-41(2,3)4)45-23-22-28-14-10-16-31(32(28)24-45)38(46)44-40-42-33-17-8-9-19-35(33)50-40/h8-11,14-21,27H,5-7,12-13,22-25H2,1-4H3,(H,42,44,46). The lowest BCUT2D eigenvalue weighted by molar-refractivity contribution is 0.00638. The van der Waals surface area contributed by atoms with Gasteiger partial charge in [-0.05, 0) is 112 Å². The number of ether oxygens (including phenoxy) is 2. The summed E-state index contributed by atoms with van der Waals surface area (Å²) in [4.78, 5) is 39.1. The highest BCUT2D eigenvalue weighted by molar-refractivity contribution is 7.22. The third-order valence-corrected chi connectivity index (χ3v) is 10.6. The van der Waals surface area contributed by atoms with Crippen LogP contribution in [0.3, 0.4) is 0 Å². The number of carbonyl (C=O) groups is 2. The Morgan fingerprint density at radius 3 is 2.52 bits per heavy atom. The summed E-state index contributed by atoms with van der Waals surface area (Å²) in [7, 11) is 0. The van der Waals surface area contributed by atoms with Crippen molar-refractivity contribution in [2.45, 2.75) is 78.4 Å². The lowest BCUT2D eigenvalue weighted by atomic mass is 9.90. The van der Waals surface area contributed by atoms with Crippen molar-refractivity contribution in [2.75, 3.05) is 23.4 Å². The number of benzene rings is 3. The summed E-state index contributed by atoms with van der Waals surface area (Å²) in [5, 5.41) is 3.59. The van der Waals surface area contributed by atoms with Gasteiger partial charge in [0.2, 0.25) is 0 Å². The van der Waals surface area contributed by atoms with E-state index in [2.05, 4.69) is 21.3 Å². The van der Waals surface area contributed by atoms with Crippen LogP contribution in [0, 0.1) is 12.8 Å². The molecule has 1 N–H and O–H groups in total. The third-order valence-electron chi connectivity index (χ3n) is 9.60. The highest BCUT2D eigenvalue weighted by Gasteiger charge is 2.28. The molecule has 1 aliphatic carbocycles. The summed E-state index contributed by atoms with van der Waals surface area (Å²) < 4.78 is 13.3. The normalized spacial score (nSPS) is 15.1. The molecule has 2 aromatic heterocycles. The topological polar surface area (TPSA) is 93.6 Å². The van der Waals surface area contributed by atoms with Crippen molar-refractivity contribution in [3.63, 3.8) is 0 Å². The molecule has 1 fully saturated rings. The van der Waals surface area contributed by atoms with Gasteiger partial charge in [0.15, 0.2) is 10.8 Å². The number of amides is 1. The average molecular weight is 689 g/mol. The van der Waals surface area contributed by atoms with Crippen LogP contribution in [0.25, 0.3) is 21.3 Å². The van der Waals surface area contributed by atoms with Crippen LogP contribution < -0.4 is 15.0 Å². The van der Waals surface area contributed by atoms with E-state index in [1.807, 2.05) is 94.4 Å². The minimum absolute atomic E-state index is 0.193. The largest absolute Gasteiger partial charge is 0.493 e. The number of carbonyl (C=O) groups excluding carboxylic acids is 2. The summed E-state index contributed by atoms with van der Waals surface area (Å²) in [6, 6.07) is 23.7. The van der Waals surface area contributed by atoms with E-state index in [0.717, 1.165) is 44.6 Å². The van der Waals surface area contributed by atoms with Crippen molar-refractivity contribution in [2.24, 2.45) is 5.92 Å². The minimum Gasteiger partial charge on any atom is -0.493 e. The van der Waals surface area contributed by atoms with E-state index in [9.17, 15) is 9.59 Å². The van der Waals surface area contributed by atoms with E-state index >= 15 is 0 Å². The van der Waals surface area contributed by atoms with Crippen molar-refractivity contribution in [3.8, 4) is 16.9 Å². The fourth-order valence-corrected chi connectivity index (χ4v) is 7.89. The first-order chi connectivity index (χ1) is 24.1.